The van der Waals surface area contributed by atoms with E-state index in [4.69, 9.17) is 15.0 Å². The zero-order valence-electron chi connectivity index (χ0n) is 35.8. The molecule has 12 aromatic rings. The van der Waals surface area contributed by atoms with Crippen molar-refractivity contribution in [2.45, 2.75) is 19.3 Å². The molecule has 13 rings (SSSR count). The van der Waals surface area contributed by atoms with Gasteiger partial charge in [-0.1, -0.05) is 166 Å². The number of aromatic nitrogens is 4. The summed E-state index contributed by atoms with van der Waals surface area (Å²) in [5.74, 6) is 1.91. The zero-order valence-corrected chi connectivity index (χ0v) is 36.6. The summed E-state index contributed by atoms with van der Waals surface area (Å²) >= 11 is 1.81. The third-order valence-electron chi connectivity index (χ3n) is 13.4. The van der Waals surface area contributed by atoms with E-state index in [2.05, 4.69) is 213 Å². The van der Waals surface area contributed by atoms with Crippen LogP contribution in [0.5, 0.6) is 0 Å². The first-order valence-corrected chi connectivity index (χ1v) is 23.0. The maximum Gasteiger partial charge on any atom is 0.164 e. The van der Waals surface area contributed by atoms with Gasteiger partial charge in [-0.05, 0) is 99.1 Å². The van der Waals surface area contributed by atoms with Gasteiger partial charge in [0, 0.05) is 58.7 Å². The Bertz CT molecular complexity index is 3760. The van der Waals surface area contributed by atoms with Crippen molar-refractivity contribution in [1.82, 2.24) is 19.5 Å². The fourth-order valence-corrected chi connectivity index (χ4v) is 11.4. The number of thiophene rings is 1. The lowest BCUT2D eigenvalue weighted by atomic mass is 9.82. The maximum atomic E-state index is 5.35. The second-order valence-corrected chi connectivity index (χ2v) is 18.7. The van der Waals surface area contributed by atoms with Crippen molar-refractivity contribution < 1.29 is 0 Å². The van der Waals surface area contributed by atoms with Crippen LogP contribution in [0.15, 0.2) is 206 Å². The van der Waals surface area contributed by atoms with Gasteiger partial charge in [0.05, 0.1) is 11.0 Å². The lowest BCUT2D eigenvalue weighted by Crippen LogP contribution is -2.14. The van der Waals surface area contributed by atoms with Gasteiger partial charge in [-0.2, -0.15) is 0 Å². The van der Waals surface area contributed by atoms with Gasteiger partial charge in [0.1, 0.15) is 0 Å². The molecule has 0 amide bonds. The van der Waals surface area contributed by atoms with Crippen molar-refractivity contribution in [3.63, 3.8) is 0 Å². The van der Waals surface area contributed by atoms with Gasteiger partial charge >= 0.3 is 0 Å². The summed E-state index contributed by atoms with van der Waals surface area (Å²) in [5, 5.41) is 4.84. The van der Waals surface area contributed by atoms with Crippen LogP contribution in [0.3, 0.4) is 0 Å². The Labute approximate surface area is 380 Å². The maximum absolute atomic E-state index is 5.35. The molecule has 0 bridgehead atoms. The Balaban J connectivity index is 1.02. The van der Waals surface area contributed by atoms with Crippen LogP contribution in [0.4, 0.5) is 0 Å². The van der Waals surface area contributed by atoms with E-state index in [9.17, 15) is 0 Å². The van der Waals surface area contributed by atoms with E-state index >= 15 is 0 Å². The fourth-order valence-electron chi connectivity index (χ4n) is 10.3. The molecule has 4 nitrogen and oxygen atoms in total. The molecule has 1 aliphatic carbocycles. The number of nitrogens with zero attached hydrogens (tertiary/aromatic N) is 4. The number of hydrogen-bond donors (Lipinski definition) is 0. The summed E-state index contributed by atoms with van der Waals surface area (Å²) < 4.78 is 4.87. The highest BCUT2D eigenvalue weighted by atomic mass is 32.1. The molecule has 0 unspecified atom stereocenters. The molecule has 0 saturated heterocycles. The van der Waals surface area contributed by atoms with Crippen LogP contribution in [0.2, 0.25) is 0 Å². The standard InChI is InChI=1S/C60H40N4S/c1-60(2)50-27-11-9-24-44(50)47-35-48-45-25-10-12-28-52(45)64(53(48)36-51(47)60)43-30-31-54-49(34-43)56-46(26-15-29-55(56)65-54)59-62-57(41-22-13-20-39(32-41)37-16-5-3-6-17-37)61-58(63-59)42-23-14-21-40(33-42)38-18-7-4-8-19-38/h3-36H,1-2H3. The topological polar surface area (TPSA) is 43.6 Å². The van der Waals surface area contributed by atoms with Crippen LogP contribution in [0.25, 0.3) is 115 Å². The van der Waals surface area contributed by atoms with Crippen LogP contribution in [0.1, 0.15) is 25.0 Å². The molecule has 3 heterocycles. The molecule has 65 heavy (non-hydrogen) atoms. The van der Waals surface area contributed by atoms with Crippen molar-refractivity contribution in [3.05, 3.63) is 217 Å². The smallest absolute Gasteiger partial charge is 0.164 e. The molecule has 0 fully saturated rings. The normalized spacial score (nSPS) is 12.9. The van der Waals surface area contributed by atoms with E-state index in [1.165, 1.54) is 58.8 Å². The van der Waals surface area contributed by atoms with E-state index < -0.39 is 0 Å². The third-order valence-corrected chi connectivity index (χ3v) is 14.6. The number of benzene rings is 9. The van der Waals surface area contributed by atoms with E-state index in [1.807, 2.05) is 23.5 Å². The first-order chi connectivity index (χ1) is 32.0. The van der Waals surface area contributed by atoms with E-state index in [1.54, 1.807) is 0 Å². The highest BCUT2D eigenvalue weighted by molar-refractivity contribution is 7.26. The Morgan fingerprint density at radius 1 is 0.369 bits per heavy atom. The zero-order chi connectivity index (χ0) is 43.2. The molecule has 5 heteroatoms. The fraction of sp³-hybridized carbons (Fsp3) is 0.0500. The minimum absolute atomic E-state index is 0.113. The first kappa shape index (κ1) is 37.6. The highest BCUT2D eigenvalue weighted by Crippen LogP contribution is 2.51. The van der Waals surface area contributed by atoms with E-state index in [-0.39, 0.29) is 5.41 Å². The lowest BCUT2D eigenvalue weighted by molar-refractivity contribution is 0.661. The second-order valence-electron chi connectivity index (χ2n) is 17.6. The van der Waals surface area contributed by atoms with Crippen molar-refractivity contribution in [2.24, 2.45) is 0 Å². The van der Waals surface area contributed by atoms with Gasteiger partial charge in [-0.15, -0.1) is 11.3 Å². The molecular formula is C60H40N4S. The van der Waals surface area contributed by atoms with Crippen molar-refractivity contribution >= 4 is 53.3 Å². The van der Waals surface area contributed by atoms with Crippen molar-refractivity contribution in [2.75, 3.05) is 0 Å². The summed E-state index contributed by atoms with van der Waals surface area (Å²) in [7, 11) is 0. The molecule has 0 saturated carbocycles. The Hall–Kier alpha value is -7.99. The van der Waals surface area contributed by atoms with Crippen molar-refractivity contribution in [1.29, 1.82) is 0 Å². The van der Waals surface area contributed by atoms with E-state index in [0.29, 0.717) is 17.5 Å². The summed E-state index contributed by atoms with van der Waals surface area (Å²) in [6.45, 7) is 4.72. The molecule has 3 aromatic heterocycles. The van der Waals surface area contributed by atoms with Gasteiger partial charge in [0.25, 0.3) is 0 Å². The van der Waals surface area contributed by atoms with Crippen LogP contribution in [-0.4, -0.2) is 19.5 Å². The SMILES string of the molecule is CC1(C)c2ccccc2-c2cc3c4ccccc4n(-c4ccc5sc6cccc(-c7nc(-c8cccc(-c9ccccc9)c8)nc(-c8cccc(-c9ccccc9)c8)n7)c6c5c4)c3cc21. The summed E-state index contributed by atoms with van der Waals surface area (Å²) in [6.07, 6.45) is 0. The van der Waals surface area contributed by atoms with Gasteiger partial charge in [0.2, 0.25) is 0 Å². The van der Waals surface area contributed by atoms with Crippen LogP contribution < -0.4 is 0 Å². The minimum Gasteiger partial charge on any atom is -0.309 e. The van der Waals surface area contributed by atoms with Crippen molar-refractivity contribution in [3.8, 4) is 73.2 Å². The van der Waals surface area contributed by atoms with E-state index in [0.717, 1.165) is 50.0 Å². The van der Waals surface area contributed by atoms with Gasteiger partial charge in [-0.25, -0.2) is 15.0 Å². The molecule has 1 aliphatic rings. The lowest BCUT2D eigenvalue weighted by Gasteiger charge is -2.21. The number of rotatable bonds is 6. The second kappa shape index (κ2) is 14.5. The average Bonchev–Trinajstić information content (AvgIpc) is 3.98. The predicted octanol–water partition coefficient (Wildman–Crippen LogP) is 16.0. The van der Waals surface area contributed by atoms with Crippen LogP contribution in [-0.2, 0) is 5.41 Å². The number of fused-ring (bicyclic) bond motifs is 9. The first-order valence-electron chi connectivity index (χ1n) is 22.2. The quantitative estimate of drug-likeness (QED) is 0.167. The molecule has 0 N–H and O–H groups in total. The van der Waals surface area contributed by atoms with Gasteiger partial charge in [0.15, 0.2) is 17.5 Å². The molecule has 0 radical (unpaired) electrons. The average molecular weight is 849 g/mol. The Kier molecular flexibility index (Phi) is 8.39. The largest absolute Gasteiger partial charge is 0.309 e. The highest BCUT2D eigenvalue weighted by Gasteiger charge is 2.36. The molecule has 0 aliphatic heterocycles. The van der Waals surface area contributed by atoms with Crippen LogP contribution >= 0.6 is 11.3 Å². The van der Waals surface area contributed by atoms with Crippen LogP contribution in [0, 0.1) is 0 Å². The molecule has 9 aromatic carbocycles. The molecule has 0 atom stereocenters. The molecular weight excluding hydrogens is 809 g/mol. The minimum atomic E-state index is -0.113. The summed E-state index contributed by atoms with van der Waals surface area (Å²) in [5.41, 5.74) is 16.2. The Morgan fingerprint density at radius 2 is 0.954 bits per heavy atom. The third kappa shape index (κ3) is 6.00. The summed E-state index contributed by atoms with van der Waals surface area (Å²) in [4.78, 5) is 15.9. The monoisotopic (exact) mass is 848 g/mol. The van der Waals surface area contributed by atoms with Gasteiger partial charge < -0.3 is 4.57 Å². The number of hydrogen-bond acceptors (Lipinski definition) is 4. The predicted molar refractivity (Wildman–Crippen MR) is 272 cm³/mol. The Morgan fingerprint density at radius 3 is 1.68 bits per heavy atom. The number of para-hydroxylation sites is 1. The summed E-state index contributed by atoms with van der Waals surface area (Å²) in [6, 6.07) is 74.1. The molecule has 306 valence electrons. The van der Waals surface area contributed by atoms with Gasteiger partial charge in [-0.3, -0.25) is 0 Å². The molecule has 0 spiro atoms.